The first-order valence-corrected chi connectivity index (χ1v) is 5.44. The van der Waals surface area contributed by atoms with Crippen LogP contribution in [0.4, 0.5) is 10.1 Å². The van der Waals surface area contributed by atoms with E-state index in [4.69, 9.17) is 21.5 Å². The van der Waals surface area contributed by atoms with E-state index < -0.39 is 11.7 Å². The molecule has 6 nitrogen and oxygen atoms in total. The van der Waals surface area contributed by atoms with Crippen LogP contribution in [0.5, 0.6) is 11.6 Å². The molecule has 0 radical (unpaired) electrons. The van der Waals surface area contributed by atoms with E-state index in [9.17, 15) is 9.18 Å². The van der Waals surface area contributed by atoms with E-state index in [2.05, 4.69) is 4.98 Å². The highest BCUT2D eigenvalue weighted by Crippen LogP contribution is 2.28. The third-order valence-corrected chi connectivity index (χ3v) is 2.49. The Kier molecular flexibility index (Phi) is 3.48. The lowest BCUT2D eigenvalue weighted by molar-refractivity contribution is 0.0996. The fourth-order valence-electron chi connectivity index (χ4n) is 1.50. The summed E-state index contributed by atoms with van der Waals surface area (Å²) in [4.78, 5) is 14.8. The van der Waals surface area contributed by atoms with Gasteiger partial charge in [-0.3, -0.25) is 4.79 Å². The Morgan fingerprint density at radius 3 is 2.75 bits per heavy atom. The molecule has 0 aliphatic rings. The van der Waals surface area contributed by atoms with E-state index in [-0.39, 0.29) is 28.4 Å². The molecule has 1 aromatic heterocycles. The van der Waals surface area contributed by atoms with Crippen LogP contribution in [-0.4, -0.2) is 10.9 Å². The lowest BCUT2D eigenvalue weighted by atomic mass is 10.2. The van der Waals surface area contributed by atoms with Gasteiger partial charge in [-0.25, -0.2) is 9.37 Å². The van der Waals surface area contributed by atoms with E-state index >= 15 is 0 Å². The van der Waals surface area contributed by atoms with Gasteiger partial charge in [-0.05, 0) is 18.2 Å². The van der Waals surface area contributed by atoms with Gasteiger partial charge in [0.25, 0.3) is 5.91 Å². The zero-order chi connectivity index (χ0) is 14.7. The summed E-state index contributed by atoms with van der Waals surface area (Å²) in [7, 11) is 0. The number of nitrogens with zero attached hydrogens (tertiary/aromatic N) is 2. The highest BCUT2D eigenvalue weighted by atomic mass is 19.1. The van der Waals surface area contributed by atoms with Gasteiger partial charge < -0.3 is 16.2 Å². The van der Waals surface area contributed by atoms with Gasteiger partial charge in [-0.1, -0.05) is 0 Å². The minimum atomic E-state index is -0.877. The van der Waals surface area contributed by atoms with Crippen LogP contribution >= 0.6 is 0 Å². The number of nitriles is 1. The molecular formula is C13H9FN4O2. The topological polar surface area (TPSA) is 115 Å². The molecule has 1 heterocycles. The number of aromatic nitrogens is 1. The second-order valence-electron chi connectivity index (χ2n) is 3.80. The zero-order valence-electron chi connectivity index (χ0n) is 10.1. The predicted molar refractivity (Wildman–Crippen MR) is 68.4 cm³/mol. The third kappa shape index (κ3) is 2.49. The number of nitrogens with two attached hydrogens (primary N) is 2. The van der Waals surface area contributed by atoms with Crippen LogP contribution in [0.1, 0.15) is 15.9 Å². The summed E-state index contributed by atoms with van der Waals surface area (Å²) >= 11 is 0. The molecule has 2 aromatic rings. The number of benzene rings is 1. The Bertz CT molecular complexity index is 725. The summed E-state index contributed by atoms with van der Waals surface area (Å²) in [6.07, 6.45) is 1.35. The van der Waals surface area contributed by atoms with Crippen molar-refractivity contribution in [3.8, 4) is 17.7 Å². The molecule has 0 aliphatic carbocycles. The standard InChI is InChI=1S/C13H9FN4O2/c14-10-5-8(1-2-9(10)12(17)19)20-13-11(16)7(6-15)3-4-18-13/h1-5H,16H2,(H2,17,19). The number of anilines is 1. The van der Waals surface area contributed by atoms with Crippen molar-refractivity contribution in [3.05, 3.63) is 47.4 Å². The summed E-state index contributed by atoms with van der Waals surface area (Å²) in [5, 5.41) is 8.83. The Balaban J connectivity index is 2.34. The van der Waals surface area contributed by atoms with Crippen molar-refractivity contribution >= 4 is 11.6 Å². The van der Waals surface area contributed by atoms with Gasteiger partial charge in [0.2, 0.25) is 5.88 Å². The van der Waals surface area contributed by atoms with Crippen LogP contribution in [0.2, 0.25) is 0 Å². The Morgan fingerprint density at radius 1 is 1.40 bits per heavy atom. The van der Waals surface area contributed by atoms with Gasteiger partial charge >= 0.3 is 0 Å². The second-order valence-corrected chi connectivity index (χ2v) is 3.80. The van der Waals surface area contributed by atoms with Crippen LogP contribution < -0.4 is 16.2 Å². The number of ether oxygens (including phenoxy) is 1. The number of carbonyl (C=O) groups is 1. The molecule has 0 aliphatic heterocycles. The molecule has 0 saturated carbocycles. The lowest BCUT2D eigenvalue weighted by Crippen LogP contribution is -2.12. The molecule has 0 spiro atoms. The Labute approximate surface area is 113 Å². The van der Waals surface area contributed by atoms with Gasteiger partial charge in [0.1, 0.15) is 23.3 Å². The van der Waals surface area contributed by atoms with Gasteiger partial charge in [0.15, 0.2) is 0 Å². The smallest absolute Gasteiger partial charge is 0.251 e. The quantitative estimate of drug-likeness (QED) is 0.879. The van der Waals surface area contributed by atoms with Crippen molar-refractivity contribution in [1.29, 1.82) is 5.26 Å². The van der Waals surface area contributed by atoms with E-state index in [0.29, 0.717) is 0 Å². The number of hydrogen-bond donors (Lipinski definition) is 2. The largest absolute Gasteiger partial charge is 0.437 e. The monoisotopic (exact) mass is 272 g/mol. The average Bonchev–Trinajstić information content (AvgIpc) is 2.41. The highest BCUT2D eigenvalue weighted by molar-refractivity contribution is 5.93. The number of halogens is 1. The third-order valence-electron chi connectivity index (χ3n) is 2.49. The second kappa shape index (κ2) is 5.24. The summed E-state index contributed by atoms with van der Waals surface area (Å²) in [5.41, 5.74) is 10.7. The number of pyridine rings is 1. The number of nitrogen functional groups attached to an aromatic ring is 1. The molecule has 2 rings (SSSR count). The molecule has 1 aromatic carbocycles. The van der Waals surface area contributed by atoms with Gasteiger partial charge in [0.05, 0.1) is 11.1 Å². The minimum Gasteiger partial charge on any atom is -0.437 e. The SMILES string of the molecule is N#Cc1ccnc(Oc2ccc(C(N)=O)c(F)c2)c1N. The lowest BCUT2D eigenvalue weighted by Gasteiger charge is -2.08. The maximum absolute atomic E-state index is 13.6. The van der Waals surface area contributed by atoms with Crippen molar-refractivity contribution in [1.82, 2.24) is 4.98 Å². The molecule has 20 heavy (non-hydrogen) atoms. The average molecular weight is 272 g/mol. The fourth-order valence-corrected chi connectivity index (χ4v) is 1.50. The number of rotatable bonds is 3. The molecule has 0 bridgehead atoms. The number of amides is 1. The van der Waals surface area contributed by atoms with Crippen molar-refractivity contribution in [3.63, 3.8) is 0 Å². The highest BCUT2D eigenvalue weighted by Gasteiger charge is 2.12. The van der Waals surface area contributed by atoms with E-state index in [0.717, 1.165) is 6.07 Å². The molecule has 0 atom stereocenters. The van der Waals surface area contributed by atoms with Crippen molar-refractivity contribution in [2.75, 3.05) is 5.73 Å². The summed E-state index contributed by atoms with van der Waals surface area (Å²) in [6, 6.07) is 6.83. The van der Waals surface area contributed by atoms with E-state index in [1.165, 1.54) is 24.4 Å². The van der Waals surface area contributed by atoms with Crippen molar-refractivity contribution in [2.45, 2.75) is 0 Å². The van der Waals surface area contributed by atoms with Crippen molar-refractivity contribution < 1.29 is 13.9 Å². The van der Waals surface area contributed by atoms with Gasteiger partial charge in [-0.15, -0.1) is 0 Å². The molecule has 7 heteroatoms. The Morgan fingerprint density at radius 2 is 2.15 bits per heavy atom. The molecule has 100 valence electrons. The number of hydrogen-bond acceptors (Lipinski definition) is 5. The Hall–Kier alpha value is -3.14. The van der Waals surface area contributed by atoms with Crippen LogP contribution in [-0.2, 0) is 0 Å². The molecular weight excluding hydrogens is 263 g/mol. The van der Waals surface area contributed by atoms with E-state index in [1.54, 1.807) is 0 Å². The first-order valence-electron chi connectivity index (χ1n) is 5.44. The van der Waals surface area contributed by atoms with Crippen LogP contribution in [0.3, 0.4) is 0 Å². The van der Waals surface area contributed by atoms with Crippen LogP contribution in [0.25, 0.3) is 0 Å². The molecule has 4 N–H and O–H groups in total. The van der Waals surface area contributed by atoms with Gasteiger partial charge in [-0.2, -0.15) is 5.26 Å². The first kappa shape index (κ1) is 13.3. The normalized spacial score (nSPS) is 9.80. The maximum atomic E-state index is 13.6. The fraction of sp³-hybridized carbons (Fsp3) is 0. The first-order chi connectivity index (χ1) is 9.52. The van der Waals surface area contributed by atoms with Gasteiger partial charge in [0, 0.05) is 12.3 Å². The summed E-state index contributed by atoms with van der Waals surface area (Å²) in [5.74, 6) is -1.62. The van der Waals surface area contributed by atoms with Crippen LogP contribution in [0.15, 0.2) is 30.5 Å². The molecule has 0 unspecified atom stereocenters. The maximum Gasteiger partial charge on any atom is 0.251 e. The summed E-state index contributed by atoms with van der Waals surface area (Å²) in [6.45, 7) is 0. The molecule has 0 saturated heterocycles. The number of primary amides is 1. The molecule has 0 fully saturated rings. The predicted octanol–water partition coefficient (Wildman–Crippen LogP) is 1.57. The molecule has 1 amide bonds. The van der Waals surface area contributed by atoms with Crippen molar-refractivity contribution in [2.24, 2.45) is 5.73 Å². The number of carbonyl (C=O) groups excluding carboxylic acids is 1. The van der Waals surface area contributed by atoms with E-state index in [1.807, 2.05) is 6.07 Å². The summed E-state index contributed by atoms with van der Waals surface area (Å²) < 4.78 is 18.9. The zero-order valence-corrected chi connectivity index (χ0v) is 10.1. The van der Waals surface area contributed by atoms with Crippen LogP contribution in [0, 0.1) is 17.1 Å². The minimum absolute atomic E-state index is 0.0183.